The van der Waals surface area contributed by atoms with Gasteiger partial charge in [0.05, 0.1) is 41.7 Å². The van der Waals surface area contributed by atoms with E-state index in [-0.39, 0.29) is 50.2 Å². The van der Waals surface area contributed by atoms with Crippen LogP contribution in [0.2, 0.25) is 0 Å². The fourth-order valence-electron chi connectivity index (χ4n) is 8.87. The second-order valence-electron chi connectivity index (χ2n) is 18.1. The van der Waals surface area contributed by atoms with Crippen LogP contribution in [-0.2, 0) is 38.0 Å². The molecule has 0 spiro atoms. The van der Waals surface area contributed by atoms with Crippen LogP contribution in [0.25, 0.3) is 0 Å². The van der Waals surface area contributed by atoms with Gasteiger partial charge in [0.1, 0.15) is 23.9 Å². The van der Waals surface area contributed by atoms with Crippen LogP contribution in [0, 0.1) is 11.8 Å². The van der Waals surface area contributed by atoms with E-state index in [1.807, 2.05) is 65.6 Å². The highest BCUT2D eigenvalue weighted by atomic mass is 16.7. The van der Waals surface area contributed by atoms with Gasteiger partial charge in [-0.25, -0.2) is 0 Å². The number of carbonyl (C=O) groups is 1. The Morgan fingerprint density at radius 1 is 0.929 bits per heavy atom. The first-order chi connectivity index (χ1) is 25.9. The standard InChI is InChI=1S/C41H78N2O13/c1-15-17-32(44)56-36-26(6)43(13)22-23(3)20-39(8,48)31(55-38-34(45)28(42(11)12)18-24(4)51-38)19-29(25(5)37(47)54-30(16-2)41(36,10)49)53-33-21-40(9,50-14)35(46)27(7)52-33/h23-31,33-38,45-49H,15-22H2,1-14H3/t23-,24-,25-,26-,27+,28?,29+,30-,31-,33+,34-,35+,36-,37?,38+,39-,40-,41-/m1/s1. The average molecular weight is 807 g/mol. The molecule has 15 heteroatoms. The monoisotopic (exact) mass is 807 g/mol. The highest BCUT2D eigenvalue weighted by molar-refractivity contribution is 5.69. The summed E-state index contributed by atoms with van der Waals surface area (Å²) in [6.07, 6.45) is -8.32. The van der Waals surface area contributed by atoms with Crippen LogP contribution in [0.4, 0.5) is 0 Å². The smallest absolute Gasteiger partial charge is 0.306 e. The Bertz CT molecular complexity index is 1210. The number of nitrogens with zero attached hydrogens (tertiary/aromatic N) is 2. The summed E-state index contributed by atoms with van der Waals surface area (Å²) < 4.78 is 43.9. The summed E-state index contributed by atoms with van der Waals surface area (Å²) in [7, 11) is 7.18. The van der Waals surface area contributed by atoms with Gasteiger partial charge in [0, 0.05) is 50.9 Å². The zero-order valence-electron chi connectivity index (χ0n) is 36.7. The van der Waals surface area contributed by atoms with Crippen molar-refractivity contribution >= 4 is 5.97 Å². The summed E-state index contributed by atoms with van der Waals surface area (Å²) in [6.45, 7) is 18.5. The van der Waals surface area contributed by atoms with Gasteiger partial charge in [0.2, 0.25) is 0 Å². The van der Waals surface area contributed by atoms with Crippen molar-refractivity contribution < 1.29 is 63.5 Å². The van der Waals surface area contributed by atoms with Gasteiger partial charge >= 0.3 is 5.97 Å². The average Bonchev–Trinajstić information content (AvgIpc) is 3.10. The molecular weight excluding hydrogens is 728 g/mol. The summed E-state index contributed by atoms with van der Waals surface area (Å²) in [4.78, 5) is 16.9. The van der Waals surface area contributed by atoms with Crippen LogP contribution in [0.15, 0.2) is 0 Å². The number of aliphatic hydroxyl groups is 5. The maximum absolute atomic E-state index is 13.0. The Balaban J connectivity index is 2.16. The largest absolute Gasteiger partial charge is 0.458 e. The van der Waals surface area contributed by atoms with Crippen LogP contribution in [-0.4, -0.2) is 173 Å². The number of esters is 1. The summed E-state index contributed by atoms with van der Waals surface area (Å²) in [6, 6.07) is -0.760. The Hall–Kier alpha value is -1.05. The first kappa shape index (κ1) is 49.3. The first-order valence-corrected chi connectivity index (χ1v) is 20.8. The van der Waals surface area contributed by atoms with Gasteiger partial charge in [-0.2, -0.15) is 0 Å². The minimum atomic E-state index is -1.74. The van der Waals surface area contributed by atoms with Crippen molar-refractivity contribution in [3.63, 3.8) is 0 Å². The van der Waals surface area contributed by atoms with Crippen LogP contribution in [0.1, 0.15) is 114 Å². The van der Waals surface area contributed by atoms with E-state index in [1.54, 1.807) is 34.6 Å². The molecule has 3 fully saturated rings. The molecule has 3 saturated heterocycles. The van der Waals surface area contributed by atoms with Crippen molar-refractivity contribution in [3.05, 3.63) is 0 Å². The van der Waals surface area contributed by atoms with Crippen molar-refractivity contribution in [3.8, 4) is 0 Å². The molecule has 0 saturated carbocycles. The molecule has 3 rings (SSSR count). The molecule has 0 aromatic carbocycles. The van der Waals surface area contributed by atoms with Crippen molar-refractivity contribution in [2.45, 2.75) is 211 Å². The number of ether oxygens (including phenoxy) is 7. The van der Waals surface area contributed by atoms with E-state index >= 15 is 0 Å². The van der Waals surface area contributed by atoms with Gasteiger partial charge in [-0.05, 0) is 94.3 Å². The van der Waals surface area contributed by atoms with E-state index in [4.69, 9.17) is 33.2 Å². The molecule has 3 aliphatic rings. The second kappa shape index (κ2) is 20.5. The molecule has 5 N–H and O–H groups in total. The molecule has 18 atom stereocenters. The maximum Gasteiger partial charge on any atom is 0.306 e. The zero-order chi connectivity index (χ0) is 42.5. The lowest BCUT2D eigenvalue weighted by atomic mass is 9.83. The molecule has 0 aromatic heterocycles. The SMILES string of the molecule is CCCC(=O)O[C@@H]1[C@@H](C)N(C)C[C@H](C)C[C@@](C)(O)[C@H](O[C@@H]2O[C@H](C)CC(N(C)C)[C@H]2O)C[C@H](O[C@H]2C[C@@](C)(OC)[C@@H](O)[C@H](C)O2)[C@@H](C)C(O)O[C@H](CC)[C@@]1(C)O. The highest BCUT2D eigenvalue weighted by Gasteiger charge is 2.51. The first-order valence-electron chi connectivity index (χ1n) is 20.8. The molecule has 3 aliphatic heterocycles. The van der Waals surface area contributed by atoms with Crippen LogP contribution in [0.5, 0.6) is 0 Å². The number of aliphatic hydroxyl groups excluding tert-OH is 3. The number of methoxy groups -OCH3 is 1. The Kier molecular flexibility index (Phi) is 18.0. The normalized spacial score (nSPS) is 46.9. The van der Waals surface area contributed by atoms with Crippen molar-refractivity contribution in [1.29, 1.82) is 0 Å². The van der Waals surface area contributed by atoms with E-state index in [2.05, 4.69) is 0 Å². The maximum atomic E-state index is 13.0. The predicted molar refractivity (Wildman–Crippen MR) is 209 cm³/mol. The van der Waals surface area contributed by atoms with Gasteiger partial charge in [-0.15, -0.1) is 0 Å². The Morgan fingerprint density at radius 2 is 1.57 bits per heavy atom. The number of hydrogen-bond acceptors (Lipinski definition) is 15. The van der Waals surface area contributed by atoms with E-state index in [9.17, 15) is 30.3 Å². The van der Waals surface area contributed by atoms with Crippen LogP contribution < -0.4 is 0 Å². The van der Waals surface area contributed by atoms with Gasteiger partial charge in [0.25, 0.3) is 0 Å². The van der Waals surface area contributed by atoms with Crippen LogP contribution in [0.3, 0.4) is 0 Å². The highest BCUT2D eigenvalue weighted by Crippen LogP contribution is 2.39. The van der Waals surface area contributed by atoms with Gasteiger partial charge in [0.15, 0.2) is 18.9 Å². The summed E-state index contributed by atoms with van der Waals surface area (Å²) in [5.41, 5.74) is -4.28. The lowest BCUT2D eigenvalue weighted by molar-refractivity contribution is -0.316. The van der Waals surface area contributed by atoms with Crippen molar-refractivity contribution in [2.75, 3.05) is 34.8 Å². The number of hydrogen-bond donors (Lipinski definition) is 5. The van der Waals surface area contributed by atoms with Gasteiger partial charge in [-0.1, -0.05) is 27.7 Å². The number of rotatable bonds is 10. The Labute approximate surface area is 336 Å². The Morgan fingerprint density at radius 3 is 2.14 bits per heavy atom. The third-order valence-electron chi connectivity index (χ3n) is 12.7. The zero-order valence-corrected chi connectivity index (χ0v) is 36.7. The van der Waals surface area contributed by atoms with E-state index in [0.29, 0.717) is 19.4 Å². The van der Waals surface area contributed by atoms with Gasteiger partial charge in [-0.3, -0.25) is 9.69 Å². The fraction of sp³-hybridized carbons (Fsp3) is 0.976. The summed E-state index contributed by atoms with van der Waals surface area (Å²) >= 11 is 0. The third kappa shape index (κ3) is 12.0. The van der Waals surface area contributed by atoms with E-state index in [1.165, 1.54) is 7.11 Å². The molecule has 3 heterocycles. The van der Waals surface area contributed by atoms with Gasteiger partial charge < -0.3 is 63.6 Å². The summed E-state index contributed by atoms with van der Waals surface area (Å²) in [5.74, 6) is -1.42. The molecule has 15 nitrogen and oxygen atoms in total. The molecule has 330 valence electrons. The number of carbonyl (C=O) groups excluding carboxylic acids is 1. The molecule has 56 heavy (non-hydrogen) atoms. The minimum absolute atomic E-state index is 0.00602. The molecule has 2 unspecified atom stereocenters. The van der Waals surface area contributed by atoms with Crippen LogP contribution >= 0.6 is 0 Å². The fourth-order valence-corrected chi connectivity index (χ4v) is 8.87. The minimum Gasteiger partial charge on any atom is -0.458 e. The topological polar surface area (TPSA) is 189 Å². The second-order valence-corrected chi connectivity index (χ2v) is 18.1. The van der Waals surface area contributed by atoms with Crippen molar-refractivity contribution in [2.24, 2.45) is 11.8 Å². The third-order valence-corrected chi connectivity index (χ3v) is 12.7. The number of likely N-dealkylation sites (N-methyl/N-ethyl adjacent to an activating group) is 2. The lowest BCUT2D eigenvalue weighted by Gasteiger charge is -2.47. The molecule has 0 radical (unpaired) electrons. The summed E-state index contributed by atoms with van der Waals surface area (Å²) in [5, 5.41) is 59.2. The lowest BCUT2D eigenvalue weighted by Crippen LogP contribution is -2.61. The molecule has 0 bridgehead atoms. The molecule has 0 aliphatic carbocycles. The van der Waals surface area contributed by atoms with E-state index < -0.39 is 96.3 Å². The molecule has 0 aromatic rings. The molecular formula is C41H78N2O13. The molecule has 0 amide bonds. The van der Waals surface area contributed by atoms with E-state index in [0.717, 1.165) is 0 Å². The quantitative estimate of drug-likeness (QED) is 0.203. The predicted octanol–water partition coefficient (Wildman–Crippen LogP) is 2.80. The van der Waals surface area contributed by atoms with Crippen molar-refractivity contribution in [1.82, 2.24) is 9.80 Å².